The van der Waals surface area contributed by atoms with Gasteiger partial charge in [-0.05, 0) is 73.5 Å². The van der Waals surface area contributed by atoms with Gasteiger partial charge in [0.05, 0.1) is 12.1 Å². The fraction of sp³-hybridized carbons (Fsp3) is 0.133. The van der Waals surface area contributed by atoms with Gasteiger partial charge in [-0.2, -0.15) is 0 Å². The first-order valence-corrected chi connectivity index (χ1v) is 12.1. The van der Waals surface area contributed by atoms with Crippen molar-refractivity contribution in [2.45, 2.75) is 25.9 Å². The summed E-state index contributed by atoms with van der Waals surface area (Å²) in [5.74, 6) is -3.12. The summed E-state index contributed by atoms with van der Waals surface area (Å²) in [5, 5.41) is 0.543. The zero-order chi connectivity index (χ0) is 26.9. The minimum atomic E-state index is -0.679. The van der Waals surface area contributed by atoms with Gasteiger partial charge in [-0.15, -0.1) is 0 Å². The Balaban J connectivity index is 1.46. The molecule has 4 aromatic carbocycles. The molecule has 4 aromatic rings. The average Bonchev–Trinajstić information content (AvgIpc) is 2.91. The molecular weight excluding hydrogens is 490 g/mol. The maximum atomic E-state index is 13.6. The molecule has 0 aromatic heterocycles. The predicted molar refractivity (Wildman–Crippen MR) is 135 cm³/mol. The van der Waals surface area contributed by atoms with Gasteiger partial charge in [-0.1, -0.05) is 24.3 Å². The third-order valence-electron chi connectivity index (χ3n) is 7.44. The van der Waals surface area contributed by atoms with E-state index in [1.54, 1.807) is 13.8 Å². The van der Waals surface area contributed by atoms with Gasteiger partial charge in [-0.25, -0.2) is 8.78 Å². The van der Waals surface area contributed by atoms with Gasteiger partial charge >= 0.3 is 0 Å². The average molecular weight is 510 g/mol. The van der Waals surface area contributed by atoms with Crippen LogP contribution in [0.15, 0.2) is 72.8 Å². The monoisotopic (exact) mass is 510 g/mol. The van der Waals surface area contributed by atoms with Crippen LogP contribution in [0.2, 0.25) is 0 Å². The first-order chi connectivity index (χ1) is 18.2. The molecule has 0 spiro atoms. The lowest BCUT2D eigenvalue weighted by Crippen LogP contribution is -2.44. The maximum Gasteiger partial charge on any atom is 0.261 e. The number of nitrogens with zero attached hydrogens (tertiary/aromatic N) is 2. The van der Waals surface area contributed by atoms with Crippen molar-refractivity contribution in [3.05, 3.63) is 118 Å². The number of imide groups is 2. The molecule has 8 heteroatoms. The van der Waals surface area contributed by atoms with Crippen molar-refractivity contribution in [1.82, 2.24) is 9.80 Å². The second kappa shape index (κ2) is 8.41. The summed E-state index contributed by atoms with van der Waals surface area (Å²) in [4.78, 5) is 56.6. The van der Waals surface area contributed by atoms with Gasteiger partial charge in [0, 0.05) is 33.0 Å². The van der Waals surface area contributed by atoms with E-state index in [9.17, 15) is 28.0 Å². The molecule has 38 heavy (non-hydrogen) atoms. The molecule has 0 bridgehead atoms. The van der Waals surface area contributed by atoms with Crippen LogP contribution < -0.4 is 0 Å². The predicted octanol–water partition coefficient (Wildman–Crippen LogP) is 5.83. The summed E-state index contributed by atoms with van der Waals surface area (Å²) in [6.45, 7) is 3.36. The van der Waals surface area contributed by atoms with Crippen LogP contribution in [0.25, 0.3) is 10.8 Å². The number of carbonyl (C=O) groups is 4. The lowest BCUT2D eigenvalue weighted by molar-refractivity contribution is 0.0527. The van der Waals surface area contributed by atoms with Crippen LogP contribution in [0.4, 0.5) is 8.78 Å². The van der Waals surface area contributed by atoms with Crippen molar-refractivity contribution in [2.75, 3.05) is 0 Å². The van der Waals surface area contributed by atoms with Crippen molar-refractivity contribution >= 4 is 34.4 Å². The first kappa shape index (κ1) is 23.7. The molecule has 2 heterocycles. The standard InChI is InChI=1S/C30H20F2N2O4/c1-15(17-3-7-19(31)8-4-17)33-27(35)21-11-13-23-26-24(14-12-22(25(21)26)28(33)36)30(38)34(29(23)37)16(2)18-5-9-20(32)10-6-18/h3-16H,1-2H3. The molecule has 6 rings (SSSR count). The number of rotatable bonds is 4. The molecule has 0 N–H and O–H groups in total. The zero-order valence-corrected chi connectivity index (χ0v) is 20.4. The minimum Gasteiger partial charge on any atom is -0.269 e. The Bertz CT molecular complexity index is 1500. The molecule has 2 aliphatic heterocycles. The lowest BCUT2D eigenvalue weighted by Gasteiger charge is -2.36. The summed E-state index contributed by atoms with van der Waals surface area (Å²) in [7, 11) is 0. The highest BCUT2D eigenvalue weighted by molar-refractivity contribution is 6.33. The Morgan fingerprint density at radius 3 is 1.00 bits per heavy atom. The number of halogens is 2. The van der Waals surface area contributed by atoms with Crippen molar-refractivity contribution in [2.24, 2.45) is 0 Å². The second-order valence-corrected chi connectivity index (χ2v) is 9.49. The summed E-state index contributed by atoms with van der Waals surface area (Å²) in [5.41, 5.74) is 1.98. The summed E-state index contributed by atoms with van der Waals surface area (Å²) >= 11 is 0. The van der Waals surface area contributed by atoms with Gasteiger partial charge in [0.25, 0.3) is 23.6 Å². The fourth-order valence-corrected chi connectivity index (χ4v) is 5.40. The first-order valence-electron chi connectivity index (χ1n) is 12.1. The molecule has 188 valence electrons. The summed E-state index contributed by atoms with van der Waals surface area (Å²) < 4.78 is 26.9. The molecule has 0 radical (unpaired) electrons. The Hall–Kier alpha value is -4.72. The number of hydrogen-bond acceptors (Lipinski definition) is 4. The second-order valence-electron chi connectivity index (χ2n) is 9.49. The van der Waals surface area contributed by atoms with E-state index in [0.29, 0.717) is 11.1 Å². The Kier molecular flexibility index (Phi) is 5.24. The van der Waals surface area contributed by atoms with Crippen LogP contribution in [0.5, 0.6) is 0 Å². The van der Waals surface area contributed by atoms with Crippen molar-refractivity contribution in [3.8, 4) is 0 Å². The number of benzene rings is 4. The molecule has 0 aliphatic carbocycles. The van der Waals surface area contributed by atoms with E-state index in [1.165, 1.54) is 72.8 Å². The van der Waals surface area contributed by atoms with Crippen LogP contribution >= 0.6 is 0 Å². The quantitative estimate of drug-likeness (QED) is 0.324. The molecule has 2 aliphatic rings. The van der Waals surface area contributed by atoms with E-state index in [2.05, 4.69) is 0 Å². The Labute approximate surface area is 216 Å². The number of amides is 4. The number of carbonyl (C=O) groups excluding carboxylic acids is 4. The van der Waals surface area contributed by atoms with Crippen molar-refractivity contribution < 1.29 is 28.0 Å². The Morgan fingerprint density at radius 2 is 0.737 bits per heavy atom. The summed E-state index contributed by atoms with van der Waals surface area (Å²) in [6, 6.07) is 15.8. The van der Waals surface area contributed by atoms with E-state index in [4.69, 9.17) is 0 Å². The van der Waals surface area contributed by atoms with E-state index in [0.717, 1.165) is 9.80 Å². The summed E-state index contributed by atoms with van der Waals surface area (Å²) in [6.07, 6.45) is 0. The van der Waals surface area contributed by atoms with E-state index < -0.39 is 47.3 Å². The maximum absolute atomic E-state index is 13.6. The number of hydrogen-bond donors (Lipinski definition) is 0. The van der Waals surface area contributed by atoms with Crippen molar-refractivity contribution in [3.63, 3.8) is 0 Å². The molecule has 4 amide bonds. The van der Waals surface area contributed by atoms with E-state index in [-0.39, 0.29) is 33.0 Å². The van der Waals surface area contributed by atoms with E-state index in [1.807, 2.05) is 0 Å². The van der Waals surface area contributed by atoms with Crippen LogP contribution in [-0.2, 0) is 0 Å². The highest BCUT2D eigenvalue weighted by Gasteiger charge is 2.42. The molecular formula is C30H20F2N2O4. The molecule has 0 fully saturated rings. The fourth-order valence-electron chi connectivity index (χ4n) is 5.40. The molecule has 6 nitrogen and oxygen atoms in total. The molecule has 2 unspecified atom stereocenters. The van der Waals surface area contributed by atoms with Gasteiger partial charge < -0.3 is 0 Å². The highest BCUT2D eigenvalue weighted by Crippen LogP contribution is 2.41. The van der Waals surface area contributed by atoms with Crippen molar-refractivity contribution in [1.29, 1.82) is 0 Å². The minimum absolute atomic E-state index is 0.204. The van der Waals surface area contributed by atoms with Crippen LogP contribution in [-0.4, -0.2) is 33.4 Å². The smallest absolute Gasteiger partial charge is 0.261 e. The normalized spacial score (nSPS) is 16.3. The highest BCUT2D eigenvalue weighted by atomic mass is 19.1. The largest absolute Gasteiger partial charge is 0.269 e. The van der Waals surface area contributed by atoms with Crippen LogP contribution in [0.1, 0.15) is 78.5 Å². The molecule has 0 saturated carbocycles. The molecule has 2 atom stereocenters. The Morgan fingerprint density at radius 1 is 0.474 bits per heavy atom. The lowest BCUT2D eigenvalue weighted by atomic mass is 9.84. The van der Waals surface area contributed by atoms with Gasteiger partial charge in [0.1, 0.15) is 11.6 Å². The van der Waals surface area contributed by atoms with Crippen LogP contribution in [0.3, 0.4) is 0 Å². The zero-order valence-electron chi connectivity index (χ0n) is 20.4. The van der Waals surface area contributed by atoms with Gasteiger partial charge in [0.15, 0.2) is 0 Å². The van der Waals surface area contributed by atoms with Gasteiger partial charge in [-0.3, -0.25) is 29.0 Å². The third kappa shape index (κ3) is 3.30. The van der Waals surface area contributed by atoms with E-state index >= 15 is 0 Å². The molecule has 0 saturated heterocycles. The van der Waals surface area contributed by atoms with Crippen LogP contribution in [0, 0.1) is 11.6 Å². The topological polar surface area (TPSA) is 74.8 Å². The third-order valence-corrected chi connectivity index (χ3v) is 7.44. The van der Waals surface area contributed by atoms with Gasteiger partial charge in [0.2, 0.25) is 0 Å². The SMILES string of the molecule is CC(c1ccc(F)cc1)N1C(=O)c2ccc3c4c(ccc(c24)C1=O)C(=O)N(C(C)c1ccc(F)cc1)C3=O.